The van der Waals surface area contributed by atoms with Crippen LogP contribution in [0.2, 0.25) is 0 Å². The number of nitrogens with one attached hydrogen (secondary N) is 1. The standard InChI is InChI=1S/C21H28N2O3S/c1-26-21-11-7-19(8-12-21)17-27(24,25)22-14-13-18-5-9-20(10-6-18)23-15-3-2-4-16-23/h5-12,22H,2-4,13-17H2,1H3. The van der Waals surface area contributed by atoms with Crippen LogP contribution in [0, 0.1) is 0 Å². The van der Waals surface area contributed by atoms with Gasteiger partial charge in [0.15, 0.2) is 0 Å². The number of anilines is 1. The van der Waals surface area contributed by atoms with E-state index in [1.54, 1.807) is 31.4 Å². The number of hydrogen-bond acceptors (Lipinski definition) is 4. The van der Waals surface area contributed by atoms with Gasteiger partial charge in [0, 0.05) is 25.3 Å². The van der Waals surface area contributed by atoms with Gasteiger partial charge in [-0.2, -0.15) is 0 Å². The summed E-state index contributed by atoms with van der Waals surface area (Å²) in [6.07, 6.45) is 4.53. The Hall–Kier alpha value is -2.05. The summed E-state index contributed by atoms with van der Waals surface area (Å²) in [5, 5.41) is 0. The summed E-state index contributed by atoms with van der Waals surface area (Å²) in [4.78, 5) is 2.42. The molecule has 0 atom stereocenters. The molecule has 1 heterocycles. The predicted molar refractivity (Wildman–Crippen MR) is 110 cm³/mol. The average molecular weight is 389 g/mol. The molecule has 0 unspecified atom stereocenters. The highest BCUT2D eigenvalue weighted by atomic mass is 32.2. The quantitative estimate of drug-likeness (QED) is 0.753. The molecule has 0 saturated carbocycles. The fourth-order valence-electron chi connectivity index (χ4n) is 3.37. The Morgan fingerprint density at radius 3 is 2.19 bits per heavy atom. The van der Waals surface area contributed by atoms with Crippen molar-refractivity contribution in [2.24, 2.45) is 0 Å². The summed E-state index contributed by atoms with van der Waals surface area (Å²) in [5.41, 5.74) is 3.15. The van der Waals surface area contributed by atoms with Crippen molar-refractivity contribution in [1.82, 2.24) is 4.72 Å². The first-order valence-corrected chi connectivity index (χ1v) is 11.2. The molecule has 2 aromatic carbocycles. The van der Waals surface area contributed by atoms with E-state index in [0.29, 0.717) is 13.0 Å². The molecule has 1 saturated heterocycles. The van der Waals surface area contributed by atoms with Crippen LogP contribution in [0.1, 0.15) is 30.4 Å². The number of sulfonamides is 1. The molecule has 0 radical (unpaired) electrons. The highest BCUT2D eigenvalue weighted by Gasteiger charge is 2.12. The molecule has 6 heteroatoms. The predicted octanol–water partition coefficient (Wildman–Crippen LogP) is 3.35. The lowest BCUT2D eigenvalue weighted by molar-refractivity contribution is 0.414. The van der Waals surface area contributed by atoms with Crippen molar-refractivity contribution in [3.05, 3.63) is 59.7 Å². The molecule has 2 aromatic rings. The van der Waals surface area contributed by atoms with Crippen molar-refractivity contribution in [1.29, 1.82) is 0 Å². The summed E-state index contributed by atoms with van der Waals surface area (Å²) in [6.45, 7) is 2.66. The van der Waals surface area contributed by atoms with Gasteiger partial charge in [-0.15, -0.1) is 0 Å². The number of piperidine rings is 1. The summed E-state index contributed by atoms with van der Waals surface area (Å²) in [7, 11) is -1.76. The fourth-order valence-corrected chi connectivity index (χ4v) is 4.52. The van der Waals surface area contributed by atoms with Crippen molar-refractivity contribution >= 4 is 15.7 Å². The zero-order valence-electron chi connectivity index (χ0n) is 15.9. The van der Waals surface area contributed by atoms with E-state index in [9.17, 15) is 8.42 Å². The lowest BCUT2D eigenvalue weighted by Gasteiger charge is -2.28. The van der Waals surface area contributed by atoms with E-state index in [0.717, 1.165) is 30.0 Å². The van der Waals surface area contributed by atoms with Gasteiger partial charge in [-0.05, 0) is 61.1 Å². The Labute approximate surface area is 162 Å². The van der Waals surface area contributed by atoms with E-state index in [2.05, 4.69) is 33.9 Å². The fraction of sp³-hybridized carbons (Fsp3) is 0.429. The second-order valence-electron chi connectivity index (χ2n) is 6.97. The van der Waals surface area contributed by atoms with Crippen LogP contribution in [0.5, 0.6) is 5.75 Å². The first kappa shape index (κ1) is 19.7. The number of hydrogen-bond donors (Lipinski definition) is 1. The molecule has 0 spiro atoms. The van der Waals surface area contributed by atoms with Gasteiger partial charge in [0.1, 0.15) is 5.75 Å². The normalized spacial score (nSPS) is 14.9. The maximum absolute atomic E-state index is 12.3. The second kappa shape index (κ2) is 9.24. The van der Waals surface area contributed by atoms with Crippen molar-refractivity contribution in [3.8, 4) is 5.75 Å². The lowest BCUT2D eigenvalue weighted by atomic mass is 10.1. The van der Waals surface area contributed by atoms with Gasteiger partial charge in [0.05, 0.1) is 12.9 Å². The van der Waals surface area contributed by atoms with E-state index in [1.165, 1.54) is 24.9 Å². The molecule has 1 N–H and O–H groups in total. The third-order valence-electron chi connectivity index (χ3n) is 4.91. The Morgan fingerprint density at radius 1 is 0.926 bits per heavy atom. The zero-order valence-corrected chi connectivity index (χ0v) is 16.7. The van der Waals surface area contributed by atoms with E-state index in [4.69, 9.17) is 4.74 Å². The highest BCUT2D eigenvalue weighted by molar-refractivity contribution is 7.88. The number of nitrogens with zero attached hydrogens (tertiary/aromatic N) is 1. The Bertz CT molecular complexity index is 812. The molecule has 1 fully saturated rings. The first-order valence-electron chi connectivity index (χ1n) is 9.50. The number of ether oxygens (including phenoxy) is 1. The summed E-state index contributed by atoms with van der Waals surface area (Å²) in [5.74, 6) is 0.697. The SMILES string of the molecule is COc1ccc(CS(=O)(=O)NCCc2ccc(N3CCCCC3)cc2)cc1. The van der Waals surface area contributed by atoms with Crippen molar-refractivity contribution < 1.29 is 13.2 Å². The van der Waals surface area contributed by atoms with Crippen LogP contribution in [0.3, 0.4) is 0 Å². The molecule has 5 nitrogen and oxygen atoms in total. The minimum atomic E-state index is -3.35. The molecular formula is C21H28N2O3S. The minimum absolute atomic E-state index is 0.0229. The third kappa shape index (κ3) is 5.97. The number of methoxy groups -OCH3 is 1. The molecule has 27 heavy (non-hydrogen) atoms. The van der Waals surface area contributed by atoms with E-state index in [-0.39, 0.29) is 5.75 Å². The molecule has 3 rings (SSSR count). The number of rotatable bonds is 8. The summed E-state index contributed by atoms with van der Waals surface area (Å²) < 4.78 is 32.3. The van der Waals surface area contributed by atoms with Crippen molar-refractivity contribution in [3.63, 3.8) is 0 Å². The van der Waals surface area contributed by atoms with Crippen LogP contribution in [-0.4, -0.2) is 35.2 Å². The lowest BCUT2D eigenvalue weighted by Crippen LogP contribution is -2.29. The van der Waals surface area contributed by atoms with Crippen LogP contribution in [0.15, 0.2) is 48.5 Å². The smallest absolute Gasteiger partial charge is 0.215 e. The van der Waals surface area contributed by atoms with Crippen LogP contribution in [0.4, 0.5) is 5.69 Å². The maximum Gasteiger partial charge on any atom is 0.215 e. The molecule has 1 aliphatic rings. The van der Waals surface area contributed by atoms with Gasteiger partial charge in [0.2, 0.25) is 10.0 Å². The van der Waals surface area contributed by atoms with Gasteiger partial charge in [-0.1, -0.05) is 24.3 Å². The van der Waals surface area contributed by atoms with Crippen molar-refractivity contribution in [2.75, 3.05) is 31.6 Å². The molecule has 0 amide bonds. The zero-order chi connectivity index (χ0) is 19.1. The van der Waals surface area contributed by atoms with Gasteiger partial charge < -0.3 is 9.64 Å². The third-order valence-corrected chi connectivity index (χ3v) is 6.27. The topological polar surface area (TPSA) is 58.6 Å². The molecule has 0 aliphatic carbocycles. The van der Waals surface area contributed by atoms with Crippen LogP contribution in [0.25, 0.3) is 0 Å². The van der Waals surface area contributed by atoms with Crippen LogP contribution < -0.4 is 14.4 Å². The molecule has 0 aromatic heterocycles. The second-order valence-corrected chi connectivity index (χ2v) is 8.77. The minimum Gasteiger partial charge on any atom is -0.497 e. The molecule has 1 aliphatic heterocycles. The Kier molecular flexibility index (Phi) is 6.74. The maximum atomic E-state index is 12.3. The Balaban J connectivity index is 1.47. The van der Waals surface area contributed by atoms with Gasteiger partial charge in [0.25, 0.3) is 0 Å². The van der Waals surface area contributed by atoms with E-state index < -0.39 is 10.0 Å². The monoisotopic (exact) mass is 388 g/mol. The summed E-state index contributed by atoms with van der Waals surface area (Å²) in [6, 6.07) is 15.6. The Morgan fingerprint density at radius 2 is 1.56 bits per heavy atom. The van der Waals surface area contributed by atoms with Crippen molar-refractivity contribution in [2.45, 2.75) is 31.4 Å². The van der Waals surface area contributed by atoms with Crippen LogP contribution in [-0.2, 0) is 22.2 Å². The van der Waals surface area contributed by atoms with Crippen LogP contribution >= 0.6 is 0 Å². The first-order chi connectivity index (χ1) is 13.1. The van der Waals surface area contributed by atoms with Gasteiger partial charge in [-0.3, -0.25) is 0 Å². The highest BCUT2D eigenvalue weighted by Crippen LogP contribution is 2.20. The largest absolute Gasteiger partial charge is 0.497 e. The average Bonchev–Trinajstić information content (AvgIpc) is 2.69. The number of benzene rings is 2. The van der Waals surface area contributed by atoms with E-state index in [1.807, 2.05) is 0 Å². The van der Waals surface area contributed by atoms with E-state index >= 15 is 0 Å². The molecular weight excluding hydrogens is 360 g/mol. The molecule has 146 valence electrons. The molecule has 0 bridgehead atoms. The van der Waals surface area contributed by atoms with Gasteiger partial charge in [-0.25, -0.2) is 13.1 Å². The van der Waals surface area contributed by atoms with Gasteiger partial charge >= 0.3 is 0 Å². The summed E-state index contributed by atoms with van der Waals surface area (Å²) >= 11 is 0.